The summed E-state index contributed by atoms with van der Waals surface area (Å²) in [6.45, 7) is 1.98. The van der Waals surface area contributed by atoms with Crippen LogP contribution in [0.1, 0.15) is 39.1 Å². The van der Waals surface area contributed by atoms with E-state index in [1.165, 1.54) is 0 Å². The number of hydrogen-bond donors (Lipinski definition) is 2. The van der Waals surface area contributed by atoms with Crippen molar-refractivity contribution in [2.45, 2.75) is 25.8 Å². The maximum Gasteiger partial charge on any atom is 0.255 e. The van der Waals surface area contributed by atoms with Gasteiger partial charge in [0.25, 0.3) is 11.8 Å². The van der Waals surface area contributed by atoms with E-state index in [4.69, 9.17) is 0 Å². The van der Waals surface area contributed by atoms with Crippen molar-refractivity contribution in [1.29, 1.82) is 0 Å². The maximum absolute atomic E-state index is 12.4. The molecule has 1 saturated carbocycles. The fraction of sp³-hybridized carbons (Fsp3) is 0.222. The Morgan fingerprint density at radius 1 is 1.04 bits per heavy atom. The van der Waals surface area contributed by atoms with Gasteiger partial charge in [0.15, 0.2) is 0 Å². The smallest absolute Gasteiger partial charge is 0.255 e. The van der Waals surface area contributed by atoms with E-state index in [1.807, 2.05) is 25.1 Å². The standard InChI is InChI=1S/C18H17BrN2O2/c1-11-5-6-15(10-16(11)19)21-18(23)13-4-2-3-12(9-13)17(22)20-14-7-8-14/h2-6,9-10,14H,7-8H2,1H3,(H,20,22)(H,21,23). The van der Waals surface area contributed by atoms with Crippen LogP contribution in [0.2, 0.25) is 0 Å². The van der Waals surface area contributed by atoms with Crippen molar-refractivity contribution in [2.24, 2.45) is 0 Å². The summed E-state index contributed by atoms with van der Waals surface area (Å²) in [5.74, 6) is -0.359. The van der Waals surface area contributed by atoms with Gasteiger partial charge in [-0.05, 0) is 55.7 Å². The minimum absolute atomic E-state index is 0.125. The van der Waals surface area contributed by atoms with Crippen LogP contribution in [0.5, 0.6) is 0 Å². The first-order valence-electron chi connectivity index (χ1n) is 7.51. The molecular weight excluding hydrogens is 356 g/mol. The van der Waals surface area contributed by atoms with Crippen LogP contribution in [0.4, 0.5) is 5.69 Å². The van der Waals surface area contributed by atoms with Gasteiger partial charge in [-0.15, -0.1) is 0 Å². The molecule has 23 heavy (non-hydrogen) atoms. The lowest BCUT2D eigenvalue weighted by molar-refractivity contribution is 0.0951. The summed E-state index contributed by atoms with van der Waals surface area (Å²) in [6, 6.07) is 12.7. The third kappa shape index (κ3) is 3.99. The first-order chi connectivity index (χ1) is 11.0. The fourth-order valence-electron chi connectivity index (χ4n) is 2.17. The van der Waals surface area contributed by atoms with E-state index in [2.05, 4.69) is 26.6 Å². The topological polar surface area (TPSA) is 58.2 Å². The van der Waals surface area contributed by atoms with E-state index < -0.39 is 0 Å². The molecular formula is C18H17BrN2O2. The van der Waals surface area contributed by atoms with Gasteiger partial charge < -0.3 is 10.6 Å². The molecule has 0 aliphatic heterocycles. The quantitative estimate of drug-likeness (QED) is 0.854. The summed E-state index contributed by atoms with van der Waals surface area (Å²) in [5.41, 5.74) is 2.78. The molecule has 0 saturated heterocycles. The van der Waals surface area contributed by atoms with E-state index >= 15 is 0 Å². The average Bonchev–Trinajstić information content (AvgIpc) is 3.35. The zero-order chi connectivity index (χ0) is 16.4. The number of nitrogens with one attached hydrogen (secondary N) is 2. The molecule has 2 N–H and O–H groups in total. The van der Waals surface area contributed by atoms with E-state index in [1.54, 1.807) is 24.3 Å². The number of benzene rings is 2. The summed E-state index contributed by atoms with van der Waals surface area (Å²) >= 11 is 3.45. The molecule has 2 aromatic rings. The van der Waals surface area contributed by atoms with E-state index in [0.717, 1.165) is 22.9 Å². The van der Waals surface area contributed by atoms with Crippen LogP contribution >= 0.6 is 15.9 Å². The van der Waals surface area contributed by atoms with E-state index in [0.29, 0.717) is 22.9 Å². The predicted octanol–water partition coefficient (Wildman–Crippen LogP) is 3.90. The van der Waals surface area contributed by atoms with Gasteiger partial charge in [0, 0.05) is 27.3 Å². The normalized spacial score (nSPS) is 13.5. The number of hydrogen-bond acceptors (Lipinski definition) is 2. The lowest BCUT2D eigenvalue weighted by Crippen LogP contribution is -2.25. The lowest BCUT2D eigenvalue weighted by atomic mass is 10.1. The Labute approximate surface area is 143 Å². The number of halogens is 1. The summed E-state index contributed by atoms with van der Waals surface area (Å²) in [4.78, 5) is 24.4. The Hall–Kier alpha value is -2.14. The molecule has 5 heteroatoms. The highest BCUT2D eigenvalue weighted by Crippen LogP contribution is 2.22. The second-order valence-corrected chi connectivity index (χ2v) is 6.60. The number of carbonyl (C=O) groups is 2. The number of rotatable bonds is 4. The molecule has 0 spiro atoms. The summed E-state index contributed by atoms with van der Waals surface area (Å²) < 4.78 is 0.938. The minimum atomic E-state index is -0.234. The number of carbonyl (C=O) groups excluding carboxylic acids is 2. The second kappa shape index (κ2) is 6.54. The van der Waals surface area contributed by atoms with E-state index in [9.17, 15) is 9.59 Å². The van der Waals surface area contributed by atoms with Gasteiger partial charge in [-0.1, -0.05) is 28.1 Å². The molecule has 0 bridgehead atoms. The van der Waals surface area contributed by atoms with Crippen molar-refractivity contribution in [1.82, 2.24) is 5.32 Å². The van der Waals surface area contributed by atoms with Crippen molar-refractivity contribution in [3.8, 4) is 0 Å². The van der Waals surface area contributed by atoms with Crippen molar-refractivity contribution in [3.63, 3.8) is 0 Å². The lowest BCUT2D eigenvalue weighted by Gasteiger charge is -2.08. The molecule has 4 nitrogen and oxygen atoms in total. The molecule has 3 rings (SSSR count). The first-order valence-corrected chi connectivity index (χ1v) is 8.30. The highest BCUT2D eigenvalue weighted by atomic mass is 79.9. The van der Waals surface area contributed by atoms with Crippen LogP contribution in [-0.2, 0) is 0 Å². The molecule has 0 atom stereocenters. The Morgan fingerprint density at radius 2 is 1.74 bits per heavy atom. The zero-order valence-electron chi connectivity index (χ0n) is 12.7. The Balaban J connectivity index is 1.73. The Kier molecular flexibility index (Phi) is 4.48. The van der Waals surface area contributed by atoms with Gasteiger partial charge >= 0.3 is 0 Å². The SMILES string of the molecule is Cc1ccc(NC(=O)c2cccc(C(=O)NC3CC3)c2)cc1Br. The third-order valence-corrected chi connectivity index (χ3v) is 4.58. The van der Waals surface area contributed by atoms with Crippen molar-refractivity contribution in [2.75, 3.05) is 5.32 Å². The highest BCUT2D eigenvalue weighted by molar-refractivity contribution is 9.10. The van der Waals surface area contributed by atoms with Gasteiger partial charge in [-0.2, -0.15) is 0 Å². The van der Waals surface area contributed by atoms with Crippen LogP contribution in [0, 0.1) is 6.92 Å². The Morgan fingerprint density at radius 3 is 2.39 bits per heavy atom. The molecule has 118 valence electrons. The fourth-order valence-corrected chi connectivity index (χ4v) is 2.55. The number of aryl methyl sites for hydroxylation is 1. The summed E-state index contributed by atoms with van der Waals surface area (Å²) in [6.07, 6.45) is 2.07. The zero-order valence-corrected chi connectivity index (χ0v) is 14.3. The second-order valence-electron chi connectivity index (χ2n) is 5.75. The van der Waals surface area contributed by atoms with Crippen LogP contribution < -0.4 is 10.6 Å². The molecule has 1 aliphatic rings. The summed E-state index contributed by atoms with van der Waals surface area (Å²) in [5, 5.41) is 5.77. The van der Waals surface area contributed by atoms with Gasteiger partial charge in [-0.3, -0.25) is 9.59 Å². The van der Waals surface area contributed by atoms with Gasteiger partial charge in [0.05, 0.1) is 0 Å². The Bertz CT molecular complexity index is 769. The largest absolute Gasteiger partial charge is 0.349 e. The van der Waals surface area contributed by atoms with Gasteiger partial charge in [-0.25, -0.2) is 0 Å². The predicted molar refractivity (Wildman–Crippen MR) is 93.8 cm³/mol. The van der Waals surface area contributed by atoms with Crippen LogP contribution in [0.3, 0.4) is 0 Å². The molecule has 1 aliphatic carbocycles. The highest BCUT2D eigenvalue weighted by Gasteiger charge is 2.24. The van der Waals surface area contributed by atoms with Crippen molar-refractivity contribution in [3.05, 3.63) is 63.6 Å². The van der Waals surface area contributed by atoms with Crippen LogP contribution in [0.25, 0.3) is 0 Å². The monoisotopic (exact) mass is 372 g/mol. The molecule has 2 aromatic carbocycles. The molecule has 1 fully saturated rings. The first kappa shape index (κ1) is 15.7. The molecule has 0 aromatic heterocycles. The average molecular weight is 373 g/mol. The van der Waals surface area contributed by atoms with Crippen molar-refractivity contribution >= 4 is 33.4 Å². The molecule has 2 amide bonds. The number of amides is 2. The minimum Gasteiger partial charge on any atom is -0.349 e. The molecule has 0 unspecified atom stereocenters. The van der Waals surface area contributed by atoms with Gasteiger partial charge in [0.1, 0.15) is 0 Å². The maximum atomic E-state index is 12.4. The molecule has 0 heterocycles. The van der Waals surface area contributed by atoms with Gasteiger partial charge in [0.2, 0.25) is 0 Å². The number of anilines is 1. The van der Waals surface area contributed by atoms with Crippen LogP contribution in [-0.4, -0.2) is 17.9 Å². The summed E-state index contributed by atoms with van der Waals surface area (Å²) in [7, 11) is 0. The van der Waals surface area contributed by atoms with E-state index in [-0.39, 0.29) is 11.8 Å². The van der Waals surface area contributed by atoms with Crippen LogP contribution in [0.15, 0.2) is 46.9 Å². The molecule has 0 radical (unpaired) electrons. The van der Waals surface area contributed by atoms with Crippen molar-refractivity contribution < 1.29 is 9.59 Å². The third-order valence-electron chi connectivity index (χ3n) is 3.73.